The molecule has 0 aliphatic carbocycles. The maximum absolute atomic E-state index is 11.7. The van der Waals surface area contributed by atoms with Crippen LogP contribution in [0.2, 0.25) is 0 Å². The number of nitrogens with zero attached hydrogens (tertiary/aromatic N) is 2. The Labute approximate surface area is 156 Å². The van der Waals surface area contributed by atoms with Gasteiger partial charge in [0.2, 0.25) is 0 Å². The van der Waals surface area contributed by atoms with Crippen molar-refractivity contribution in [1.82, 2.24) is 0 Å². The summed E-state index contributed by atoms with van der Waals surface area (Å²) in [6.07, 6.45) is 0. The first kappa shape index (κ1) is 18.3. The van der Waals surface area contributed by atoms with E-state index in [4.69, 9.17) is 0 Å². The van der Waals surface area contributed by atoms with E-state index in [2.05, 4.69) is 49.6 Å². The highest BCUT2D eigenvalue weighted by Crippen LogP contribution is 2.34. The van der Waals surface area contributed by atoms with E-state index in [-0.39, 0.29) is 0 Å². The van der Waals surface area contributed by atoms with Gasteiger partial charge in [-0.1, -0.05) is 23.8 Å². The fourth-order valence-electron chi connectivity index (χ4n) is 4.62. The molecule has 1 aliphatic heterocycles. The molecular weight excluding hydrogens is 324 g/mol. The van der Waals surface area contributed by atoms with Crippen molar-refractivity contribution in [2.24, 2.45) is 0 Å². The van der Waals surface area contributed by atoms with Gasteiger partial charge in [-0.05, 0) is 69.4 Å². The zero-order valence-corrected chi connectivity index (χ0v) is 16.6. The molecule has 0 spiro atoms. The van der Waals surface area contributed by atoms with E-state index < -0.39 is 5.97 Å². The van der Waals surface area contributed by atoms with Crippen molar-refractivity contribution < 1.29 is 9.90 Å². The molecule has 138 valence electrons. The number of benzene rings is 2. The lowest BCUT2D eigenvalue weighted by molar-refractivity contribution is 0.0695. The molecule has 2 aromatic rings. The molecule has 1 saturated heterocycles. The quantitative estimate of drug-likeness (QED) is 0.882. The van der Waals surface area contributed by atoms with Gasteiger partial charge < -0.3 is 14.9 Å². The summed E-state index contributed by atoms with van der Waals surface area (Å²) in [6.45, 7) is 15.0. The third kappa shape index (κ3) is 3.05. The number of aromatic carboxylic acids is 1. The molecule has 4 nitrogen and oxygen atoms in total. The van der Waals surface area contributed by atoms with Crippen LogP contribution in [0.5, 0.6) is 0 Å². The Morgan fingerprint density at radius 3 is 1.85 bits per heavy atom. The average Bonchev–Trinajstić information content (AvgIpc) is 2.94. The molecule has 3 rings (SSSR count). The molecule has 1 heterocycles. The van der Waals surface area contributed by atoms with Gasteiger partial charge in [-0.25, -0.2) is 4.79 Å². The second-order valence-corrected chi connectivity index (χ2v) is 7.58. The number of carboxylic acid groups (broad SMARTS) is 1. The minimum absolute atomic E-state index is 0.437. The Kier molecular flexibility index (Phi) is 4.70. The molecular formula is C22H28N2O2. The van der Waals surface area contributed by atoms with E-state index in [0.29, 0.717) is 5.56 Å². The number of aryl methyl sites for hydroxylation is 5. The largest absolute Gasteiger partial charge is 0.478 e. The summed E-state index contributed by atoms with van der Waals surface area (Å²) in [5, 5.41) is 9.60. The molecule has 1 N–H and O–H groups in total. The molecule has 0 bridgehead atoms. The zero-order valence-electron chi connectivity index (χ0n) is 16.6. The van der Waals surface area contributed by atoms with Gasteiger partial charge in [0.25, 0.3) is 0 Å². The summed E-state index contributed by atoms with van der Waals surface area (Å²) < 4.78 is 0. The standard InChI is InChI=1S/C22H28N2O2/c1-13-9-15(3)20(16(4)10-13)23-7-8-24(12-23)21-17(5)11-14(2)19(18(21)6)22(25)26/h9-11H,7-8,12H2,1-6H3,(H,25,26). The smallest absolute Gasteiger partial charge is 0.336 e. The SMILES string of the molecule is Cc1cc(C)c(N2CCN(c3c(C)cc(C)c(C(=O)O)c3C)C2)c(C)c1. The van der Waals surface area contributed by atoms with Gasteiger partial charge in [0.15, 0.2) is 0 Å². The van der Waals surface area contributed by atoms with E-state index in [0.717, 1.165) is 42.1 Å². The number of carboxylic acids is 1. The lowest BCUT2D eigenvalue weighted by Gasteiger charge is -2.27. The van der Waals surface area contributed by atoms with Crippen LogP contribution in [0.1, 0.15) is 43.7 Å². The number of anilines is 2. The molecule has 0 unspecified atom stereocenters. The van der Waals surface area contributed by atoms with Crippen molar-refractivity contribution in [2.45, 2.75) is 41.5 Å². The van der Waals surface area contributed by atoms with Crippen LogP contribution in [0.4, 0.5) is 11.4 Å². The summed E-state index contributed by atoms with van der Waals surface area (Å²) in [5.41, 5.74) is 9.54. The van der Waals surface area contributed by atoms with E-state index in [1.54, 1.807) is 0 Å². The Morgan fingerprint density at radius 2 is 1.31 bits per heavy atom. The highest BCUT2D eigenvalue weighted by molar-refractivity contribution is 5.93. The third-order valence-electron chi connectivity index (χ3n) is 5.39. The van der Waals surface area contributed by atoms with Crippen LogP contribution in [-0.2, 0) is 0 Å². The van der Waals surface area contributed by atoms with Crippen molar-refractivity contribution in [3.05, 3.63) is 57.1 Å². The topological polar surface area (TPSA) is 43.8 Å². The average molecular weight is 352 g/mol. The van der Waals surface area contributed by atoms with Crippen LogP contribution in [0.25, 0.3) is 0 Å². The Bertz CT molecular complexity index is 863. The second-order valence-electron chi connectivity index (χ2n) is 7.58. The van der Waals surface area contributed by atoms with E-state index in [1.807, 2.05) is 19.9 Å². The normalized spacial score (nSPS) is 14.2. The van der Waals surface area contributed by atoms with E-state index in [9.17, 15) is 9.90 Å². The number of rotatable bonds is 3. The number of hydrogen-bond donors (Lipinski definition) is 1. The van der Waals surface area contributed by atoms with Gasteiger partial charge in [0.05, 0.1) is 12.2 Å². The van der Waals surface area contributed by atoms with Gasteiger partial charge in [-0.3, -0.25) is 0 Å². The highest BCUT2D eigenvalue weighted by atomic mass is 16.4. The molecule has 0 amide bonds. The molecule has 0 aromatic heterocycles. The summed E-state index contributed by atoms with van der Waals surface area (Å²) in [7, 11) is 0. The summed E-state index contributed by atoms with van der Waals surface area (Å²) in [6, 6.07) is 6.46. The second kappa shape index (κ2) is 6.67. The lowest BCUT2D eigenvalue weighted by Crippen LogP contribution is -2.27. The van der Waals surface area contributed by atoms with Gasteiger partial charge >= 0.3 is 5.97 Å². The first-order valence-electron chi connectivity index (χ1n) is 9.12. The minimum Gasteiger partial charge on any atom is -0.478 e. The fourth-order valence-corrected chi connectivity index (χ4v) is 4.62. The van der Waals surface area contributed by atoms with Crippen LogP contribution in [0.15, 0.2) is 18.2 Å². The first-order valence-corrected chi connectivity index (χ1v) is 9.12. The molecule has 2 aromatic carbocycles. The maximum atomic E-state index is 11.7. The highest BCUT2D eigenvalue weighted by Gasteiger charge is 2.27. The van der Waals surface area contributed by atoms with Crippen LogP contribution < -0.4 is 9.80 Å². The van der Waals surface area contributed by atoms with Gasteiger partial charge in [0.1, 0.15) is 0 Å². The zero-order chi connectivity index (χ0) is 19.2. The predicted molar refractivity (Wildman–Crippen MR) is 108 cm³/mol. The van der Waals surface area contributed by atoms with E-state index >= 15 is 0 Å². The first-order chi connectivity index (χ1) is 12.2. The minimum atomic E-state index is -0.845. The molecule has 0 radical (unpaired) electrons. The van der Waals surface area contributed by atoms with Crippen molar-refractivity contribution in [2.75, 3.05) is 29.6 Å². The molecule has 1 aliphatic rings. The van der Waals surface area contributed by atoms with Crippen LogP contribution in [0.3, 0.4) is 0 Å². The fraction of sp³-hybridized carbons (Fsp3) is 0.409. The summed E-state index contributed by atoms with van der Waals surface area (Å²) in [5.74, 6) is -0.845. The molecule has 0 atom stereocenters. The Morgan fingerprint density at radius 1 is 0.808 bits per heavy atom. The monoisotopic (exact) mass is 352 g/mol. The van der Waals surface area contributed by atoms with Gasteiger partial charge in [0, 0.05) is 24.5 Å². The van der Waals surface area contributed by atoms with Crippen molar-refractivity contribution in [1.29, 1.82) is 0 Å². The van der Waals surface area contributed by atoms with Gasteiger partial charge in [-0.15, -0.1) is 0 Å². The Balaban J connectivity index is 1.98. The third-order valence-corrected chi connectivity index (χ3v) is 5.39. The molecule has 4 heteroatoms. The predicted octanol–water partition coefficient (Wildman–Crippen LogP) is 4.52. The molecule has 1 fully saturated rings. The number of hydrogen-bond acceptors (Lipinski definition) is 3. The summed E-state index contributed by atoms with van der Waals surface area (Å²) in [4.78, 5) is 16.4. The van der Waals surface area contributed by atoms with Crippen molar-refractivity contribution in [3.8, 4) is 0 Å². The van der Waals surface area contributed by atoms with E-state index in [1.165, 1.54) is 22.4 Å². The van der Waals surface area contributed by atoms with Crippen LogP contribution in [0, 0.1) is 41.5 Å². The maximum Gasteiger partial charge on any atom is 0.336 e. The molecule has 0 saturated carbocycles. The van der Waals surface area contributed by atoms with Crippen LogP contribution >= 0.6 is 0 Å². The van der Waals surface area contributed by atoms with Crippen molar-refractivity contribution >= 4 is 17.3 Å². The van der Waals surface area contributed by atoms with Crippen LogP contribution in [-0.4, -0.2) is 30.8 Å². The summed E-state index contributed by atoms with van der Waals surface area (Å²) >= 11 is 0. The Hall–Kier alpha value is -2.49. The lowest BCUT2D eigenvalue weighted by atomic mass is 9.96. The molecule has 26 heavy (non-hydrogen) atoms. The van der Waals surface area contributed by atoms with Gasteiger partial charge in [-0.2, -0.15) is 0 Å². The number of carbonyl (C=O) groups is 1. The van der Waals surface area contributed by atoms with Crippen molar-refractivity contribution in [3.63, 3.8) is 0 Å².